The summed E-state index contributed by atoms with van der Waals surface area (Å²) in [5.74, 6) is -0.704. The van der Waals surface area contributed by atoms with E-state index in [0.29, 0.717) is 0 Å². The van der Waals surface area contributed by atoms with Gasteiger partial charge in [0.15, 0.2) is 5.03 Å². The van der Waals surface area contributed by atoms with Crippen molar-refractivity contribution in [2.24, 2.45) is 5.73 Å². The molecule has 1 aromatic heterocycles. The van der Waals surface area contributed by atoms with Crippen LogP contribution in [0.4, 0.5) is 10.1 Å². The van der Waals surface area contributed by atoms with Gasteiger partial charge in [0, 0.05) is 25.4 Å². The fraction of sp³-hybridized carbons (Fsp3) is 0.333. The molecule has 28 heavy (non-hydrogen) atoms. The zero-order valence-electron chi connectivity index (χ0n) is 15.0. The molecule has 0 radical (unpaired) electrons. The standard InChI is InChI=1S/C18H19FN4O4S/c1-12-3-6-17(22-8-12)28(25,26)23-9-16(18(24,10-20)11-23)27-13-4-5-15(21-2)14(19)7-13/h3-8,16,24H,9-11,20H2,1H3/t16-,18+/m0/s1. The number of aromatic nitrogens is 1. The number of rotatable bonds is 5. The van der Waals surface area contributed by atoms with Crippen LogP contribution < -0.4 is 10.5 Å². The lowest BCUT2D eigenvalue weighted by atomic mass is 10.0. The molecule has 3 N–H and O–H groups in total. The third kappa shape index (κ3) is 3.70. The van der Waals surface area contributed by atoms with E-state index in [1.807, 2.05) is 0 Å². The molecule has 1 saturated heterocycles. The van der Waals surface area contributed by atoms with Gasteiger partial charge in [-0.15, -0.1) is 0 Å². The summed E-state index contributed by atoms with van der Waals surface area (Å²) < 4.78 is 46.2. The molecule has 2 heterocycles. The molecule has 2 aromatic rings. The van der Waals surface area contributed by atoms with E-state index in [1.165, 1.54) is 24.4 Å². The zero-order valence-corrected chi connectivity index (χ0v) is 15.9. The fourth-order valence-electron chi connectivity index (χ4n) is 2.91. The Morgan fingerprint density at radius 2 is 2.21 bits per heavy atom. The molecule has 0 bridgehead atoms. The number of nitrogens with zero attached hydrogens (tertiary/aromatic N) is 3. The highest BCUT2D eigenvalue weighted by Crippen LogP contribution is 2.31. The summed E-state index contributed by atoms with van der Waals surface area (Å²) in [6.45, 7) is 7.93. The van der Waals surface area contributed by atoms with Crippen molar-refractivity contribution >= 4 is 15.7 Å². The van der Waals surface area contributed by atoms with E-state index in [4.69, 9.17) is 17.0 Å². The third-order valence-electron chi connectivity index (χ3n) is 4.58. The molecule has 1 aromatic carbocycles. The lowest BCUT2D eigenvalue weighted by Crippen LogP contribution is -2.50. The Bertz CT molecular complexity index is 1020. The summed E-state index contributed by atoms with van der Waals surface area (Å²) in [7, 11) is -3.97. The summed E-state index contributed by atoms with van der Waals surface area (Å²) in [5.41, 5.74) is 4.66. The molecule has 0 aliphatic carbocycles. The van der Waals surface area contributed by atoms with Crippen LogP contribution in [0, 0.1) is 19.3 Å². The van der Waals surface area contributed by atoms with Crippen molar-refractivity contribution in [2.75, 3.05) is 19.6 Å². The molecule has 0 spiro atoms. The van der Waals surface area contributed by atoms with E-state index in [9.17, 15) is 17.9 Å². The molecule has 0 unspecified atom stereocenters. The Morgan fingerprint density at radius 3 is 2.79 bits per heavy atom. The minimum atomic E-state index is -3.97. The first-order chi connectivity index (χ1) is 13.2. The molecule has 148 valence electrons. The highest BCUT2D eigenvalue weighted by molar-refractivity contribution is 7.89. The van der Waals surface area contributed by atoms with Gasteiger partial charge in [-0.2, -0.15) is 4.31 Å². The second-order valence-electron chi connectivity index (χ2n) is 6.61. The summed E-state index contributed by atoms with van der Waals surface area (Å²) in [4.78, 5) is 6.97. The maximum Gasteiger partial charge on any atom is 0.260 e. The van der Waals surface area contributed by atoms with E-state index < -0.39 is 27.5 Å². The van der Waals surface area contributed by atoms with Gasteiger partial charge in [0.25, 0.3) is 10.0 Å². The van der Waals surface area contributed by atoms with Crippen LogP contribution in [0.5, 0.6) is 5.75 Å². The van der Waals surface area contributed by atoms with E-state index in [0.717, 1.165) is 15.9 Å². The third-order valence-corrected chi connectivity index (χ3v) is 6.31. The van der Waals surface area contributed by atoms with E-state index in [2.05, 4.69) is 9.83 Å². The van der Waals surface area contributed by atoms with Crippen LogP contribution >= 0.6 is 0 Å². The molecule has 0 amide bonds. The molecule has 2 atom stereocenters. The van der Waals surface area contributed by atoms with Crippen LogP contribution in [0.3, 0.4) is 0 Å². The quantitative estimate of drug-likeness (QED) is 0.723. The monoisotopic (exact) mass is 406 g/mol. The summed E-state index contributed by atoms with van der Waals surface area (Å²) in [6, 6.07) is 6.66. The van der Waals surface area contributed by atoms with Crippen molar-refractivity contribution in [1.82, 2.24) is 9.29 Å². The van der Waals surface area contributed by atoms with Gasteiger partial charge in [0.1, 0.15) is 23.3 Å². The molecule has 1 fully saturated rings. The number of sulfonamides is 1. The first-order valence-electron chi connectivity index (χ1n) is 8.38. The topological polar surface area (TPSA) is 110 Å². The van der Waals surface area contributed by atoms with Crippen molar-refractivity contribution < 1.29 is 22.7 Å². The molecule has 1 aliphatic rings. The number of halogens is 1. The highest BCUT2D eigenvalue weighted by atomic mass is 32.2. The van der Waals surface area contributed by atoms with Crippen molar-refractivity contribution in [1.29, 1.82) is 0 Å². The first-order valence-corrected chi connectivity index (χ1v) is 9.82. The fourth-order valence-corrected chi connectivity index (χ4v) is 4.32. The molecule has 1 aliphatic heterocycles. The highest BCUT2D eigenvalue weighted by Gasteiger charge is 2.50. The van der Waals surface area contributed by atoms with Crippen molar-refractivity contribution in [3.63, 3.8) is 0 Å². The van der Waals surface area contributed by atoms with Gasteiger partial charge in [0.05, 0.1) is 13.1 Å². The van der Waals surface area contributed by atoms with Crippen molar-refractivity contribution in [3.05, 3.63) is 59.3 Å². The van der Waals surface area contributed by atoms with Crippen LogP contribution in [-0.4, -0.2) is 54.2 Å². The van der Waals surface area contributed by atoms with Crippen molar-refractivity contribution in [2.45, 2.75) is 23.7 Å². The molecule has 10 heteroatoms. The number of hydrogen-bond donors (Lipinski definition) is 2. The predicted molar refractivity (Wildman–Crippen MR) is 98.8 cm³/mol. The second-order valence-corrected chi connectivity index (χ2v) is 8.50. The van der Waals surface area contributed by atoms with E-state index in [1.54, 1.807) is 13.0 Å². The smallest absolute Gasteiger partial charge is 0.260 e. The van der Waals surface area contributed by atoms with Gasteiger partial charge in [-0.05, 0) is 30.7 Å². The average molecular weight is 406 g/mol. The number of aryl methyl sites for hydroxylation is 1. The van der Waals surface area contributed by atoms with Crippen molar-refractivity contribution in [3.8, 4) is 5.75 Å². The SMILES string of the molecule is [C-]#[N+]c1ccc(O[C@H]2CN(S(=O)(=O)c3ccc(C)cn3)C[C@]2(O)CN)cc1F. The lowest BCUT2D eigenvalue weighted by Gasteiger charge is -2.27. The van der Waals surface area contributed by atoms with Crippen LogP contribution in [0.1, 0.15) is 5.56 Å². The van der Waals surface area contributed by atoms with E-state index in [-0.39, 0.29) is 36.1 Å². The Morgan fingerprint density at radius 1 is 1.46 bits per heavy atom. The number of nitrogens with two attached hydrogens (primary N) is 1. The molecular weight excluding hydrogens is 387 g/mol. The molecule has 8 nitrogen and oxygen atoms in total. The Hall–Kier alpha value is -2.58. The Kier molecular flexibility index (Phi) is 5.36. The number of aliphatic hydroxyl groups is 1. The number of β-amino-alcohol motifs (C(OH)–C–C–N with tert-alkyl or cyclic N) is 1. The Balaban J connectivity index is 1.86. The number of hydrogen-bond acceptors (Lipinski definition) is 6. The number of benzene rings is 1. The zero-order chi connectivity index (χ0) is 20.5. The predicted octanol–water partition coefficient (Wildman–Crippen LogP) is 1.22. The second kappa shape index (κ2) is 7.44. The number of pyridine rings is 1. The Labute approximate surface area is 162 Å². The largest absolute Gasteiger partial charge is 0.486 e. The van der Waals surface area contributed by atoms with Crippen LogP contribution in [0.25, 0.3) is 4.85 Å². The van der Waals surface area contributed by atoms with Crippen LogP contribution in [0.2, 0.25) is 0 Å². The minimum Gasteiger partial charge on any atom is -0.486 e. The molecule has 3 rings (SSSR count). The minimum absolute atomic E-state index is 0.0643. The van der Waals surface area contributed by atoms with Crippen LogP contribution in [0.15, 0.2) is 41.6 Å². The first kappa shape index (κ1) is 20.2. The van der Waals surface area contributed by atoms with Gasteiger partial charge in [-0.3, -0.25) is 0 Å². The lowest BCUT2D eigenvalue weighted by molar-refractivity contribution is -0.0200. The van der Waals surface area contributed by atoms with Gasteiger partial charge < -0.3 is 15.6 Å². The average Bonchev–Trinajstić information content (AvgIpc) is 3.00. The summed E-state index contributed by atoms with van der Waals surface area (Å²) >= 11 is 0. The number of ether oxygens (including phenoxy) is 1. The molecule has 0 saturated carbocycles. The summed E-state index contributed by atoms with van der Waals surface area (Å²) in [5, 5.41) is 10.6. The maximum absolute atomic E-state index is 13.8. The van der Waals surface area contributed by atoms with Gasteiger partial charge in [-0.1, -0.05) is 6.07 Å². The van der Waals surface area contributed by atoms with Gasteiger partial charge in [0.2, 0.25) is 5.69 Å². The van der Waals surface area contributed by atoms with Gasteiger partial charge in [-0.25, -0.2) is 22.6 Å². The molecular formula is C18H19FN4O4S. The summed E-state index contributed by atoms with van der Waals surface area (Å²) in [6.07, 6.45) is 0.421. The van der Waals surface area contributed by atoms with E-state index >= 15 is 0 Å². The normalized spacial score (nSPS) is 22.8. The maximum atomic E-state index is 13.8. The van der Waals surface area contributed by atoms with Gasteiger partial charge >= 0.3 is 0 Å². The van der Waals surface area contributed by atoms with Crippen LogP contribution in [-0.2, 0) is 10.0 Å².